The van der Waals surface area contributed by atoms with Crippen LogP contribution >= 0.6 is 0 Å². The van der Waals surface area contributed by atoms with Crippen molar-refractivity contribution in [1.29, 1.82) is 0 Å². The SMILES string of the molecule is Cc1ccc2nc(N[C@@H](C(=O)c3ccccc3)c3ccccc3)nc(C)c2c1. The minimum atomic E-state index is -0.564. The van der Waals surface area contributed by atoms with Gasteiger partial charge in [-0.1, -0.05) is 72.3 Å². The van der Waals surface area contributed by atoms with Gasteiger partial charge in [0.25, 0.3) is 0 Å². The molecule has 1 N–H and O–H groups in total. The van der Waals surface area contributed by atoms with Crippen molar-refractivity contribution in [3.05, 3.63) is 101 Å². The van der Waals surface area contributed by atoms with E-state index in [0.717, 1.165) is 22.2 Å². The number of nitrogens with one attached hydrogen (secondary N) is 1. The van der Waals surface area contributed by atoms with Crippen molar-refractivity contribution in [2.24, 2.45) is 0 Å². The van der Waals surface area contributed by atoms with Gasteiger partial charge < -0.3 is 5.32 Å². The molecule has 4 aromatic rings. The first-order valence-corrected chi connectivity index (χ1v) is 9.27. The van der Waals surface area contributed by atoms with Gasteiger partial charge >= 0.3 is 0 Å². The summed E-state index contributed by atoms with van der Waals surface area (Å²) in [4.78, 5) is 22.5. The number of carbonyl (C=O) groups is 1. The van der Waals surface area contributed by atoms with Crippen LogP contribution in [-0.4, -0.2) is 15.8 Å². The number of aromatic nitrogens is 2. The summed E-state index contributed by atoms with van der Waals surface area (Å²) in [6.07, 6.45) is 0. The Morgan fingerprint density at radius 2 is 1.54 bits per heavy atom. The number of benzene rings is 3. The fourth-order valence-corrected chi connectivity index (χ4v) is 3.30. The Morgan fingerprint density at radius 3 is 2.25 bits per heavy atom. The van der Waals surface area contributed by atoms with Gasteiger partial charge in [0, 0.05) is 10.9 Å². The Balaban J connectivity index is 1.75. The highest BCUT2D eigenvalue weighted by molar-refractivity contribution is 6.02. The van der Waals surface area contributed by atoms with E-state index in [9.17, 15) is 4.79 Å². The summed E-state index contributed by atoms with van der Waals surface area (Å²) in [5.41, 5.74) is 4.44. The molecule has 0 aliphatic heterocycles. The van der Waals surface area contributed by atoms with Gasteiger partial charge in [-0.3, -0.25) is 4.79 Å². The van der Waals surface area contributed by atoms with Crippen LogP contribution in [0.25, 0.3) is 10.9 Å². The van der Waals surface area contributed by atoms with E-state index in [1.54, 1.807) is 0 Å². The van der Waals surface area contributed by atoms with Gasteiger partial charge in [0.15, 0.2) is 5.78 Å². The number of anilines is 1. The van der Waals surface area contributed by atoms with E-state index >= 15 is 0 Å². The Labute approximate surface area is 164 Å². The van der Waals surface area contributed by atoms with Gasteiger partial charge in [0.05, 0.1) is 11.2 Å². The largest absolute Gasteiger partial charge is 0.340 e. The topological polar surface area (TPSA) is 54.9 Å². The predicted octanol–water partition coefficient (Wildman–Crippen LogP) is 5.28. The molecular formula is C24H21N3O. The van der Waals surface area contributed by atoms with Crippen LogP contribution in [0.4, 0.5) is 5.95 Å². The molecule has 1 aromatic heterocycles. The highest BCUT2D eigenvalue weighted by Crippen LogP contribution is 2.24. The molecule has 4 rings (SSSR count). The van der Waals surface area contributed by atoms with Crippen molar-refractivity contribution in [2.45, 2.75) is 19.9 Å². The van der Waals surface area contributed by atoms with Crippen molar-refractivity contribution in [3.63, 3.8) is 0 Å². The number of fused-ring (bicyclic) bond motifs is 1. The van der Waals surface area contributed by atoms with Crippen molar-refractivity contribution in [1.82, 2.24) is 9.97 Å². The first-order chi connectivity index (χ1) is 13.6. The molecule has 1 atom stereocenters. The van der Waals surface area contributed by atoms with Gasteiger partial charge in [-0.2, -0.15) is 0 Å². The zero-order valence-electron chi connectivity index (χ0n) is 15.9. The predicted molar refractivity (Wildman–Crippen MR) is 113 cm³/mol. The molecule has 0 bridgehead atoms. The third-order valence-electron chi connectivity index (χ3n) is 4.77. The molecule has 0 aliphatic rings. The van der Waals surface area contributed by atoms with Crippen LogP contribution in [0.1, 0.15) is 33.2 Å². The molecule has 0 aliphatic carbocycles. The molecule has 0 spiro atoms. The van der Waals surface area contributed by atoms with E-state index in [-0.39, 0.29) is 5.78 Å². The summed E-state index contributed by atoms with van der Waals surface area (Å²) in [7, 11) is 0. The molecule has 1 heterocycles. The molecule has 0 fully saturated rings. The first kappa shape index (κ1) is 17.9. The van der Waals surface area contributed by atoms with Crippen molar-refractivity contribution >= 4 is 22.6 Å². The molecule has 0 saturated heterocycles. The van der Waals surface area contributed by atoms with Crippen LogP contribution in [0.2, 0.25) is 0 Å². The lowest BCUT2D eigenvalue weighted by molar-refractivity contribution is 0.0969. The normalized spacial score (nSPS) is 11.9. The number of aryl methyl sites for hydroxylation is 2. The second kappa shape index (κ2) is 7.61. The summed E-state index contributed by atoms with van der Waals surface area (Å²) in [5.74, 6) is 0.434. The number of hydrogen-bond donors (Lipinski definition) is 1. The minimum Gasteiger partial charge on any atom is -0.340 e. The summed E-state index contributed by atoms with van der Waals surface area (Å²) in [5, 5.41) is 4.29. The summed E-state index contributed by atoms with van der Waals surface area (Å²) in [6.45, 7) is 4.01. The standard InChI is InChI=1S/C24H21N3O/c1-16-13-14-21-20(15-16)17(2)25-24(26-21)27-22(18-9-5-3-6-10-18)23(28)19-11-7-4-8-12-19/h3-15,22H,1-2H3,(H,25,26,27)/t22-/m1/s1. The van der Waals surface area contributed by atoms with Crippen molar-refractivity contribution in [3.8, 4) is 0 Å². The highest BCUT2D eigenvalue weighted by atomic mass is 16.1. The molecular weight excluding hydrogens is 346 g/mol. The summed E-state index contributed by atoms with van der Waals surface area (Å²) >= 11 is 0. The quantitative estimate of drug-likeness (QED) is 0.487. The number of rotatable bonds is 5. The monoisotopic (exact) mass is 367 g/mol. The van der Waals surface area contributed by atoms with E-state index in [2.05, 4.69) is 28.3 Å². The Hall–Kier alpha value is -3.53. The average Bonchev–Trinajstić information content (AvgIpc) is 2.73. The maximum Gasteiger partial charge on any atom is 0.224 e. The lowest BCUT2D eigenvalue weighted by Gasteiger charge is -2.19. The summed E-state index contributed by atoms with van der Waals surface area (Å²) < 4.78 is 0. The van der Waals surface area contributed by atoms with Crippen LogP contribution in [0, 0.1) is 13.8 Å². The lowest BCUT2D eigenvalue weighted by Crippen LogP contribution is -2.22. The molecule has 0 unspecified atom stereocenters. The molecule has 138 valence electrons. The van der Waals surface area contributed by atoms with E-state index in [0.29, 0.717) is 11.5 Å². The number of carbonyl (C=O) groups excluding carboxylic acids is 1. The molecule has 4 nitrogen and oxygen atoms in total. The van der Waals surface area contributed by atoms with Crippen LogP contribution in [0.15, 0.2) is 78.9 Å². The van der Waals surface area contributed by atoms with Crippen LogP contribution in [0.5, 0.6) is 0 Å². The number of Topliss-reactive ketones (excluding diaryl/α,β-unsaturated/α-hetero) is 1. The minimum absolute atomic E-state index is 0.0166. The molecule has 3 aromatic carbocycles. The smallest absolute Gasteiger partial charge is 0.224 e. The molecule has 4 heteroatoms. The van der Waals surface area contributed by atoms with Crippen molar-refractivity contribution < 1.29 is 4.79 Å². The molecule has 0 radical (unpaired) electrons. The van der Waals surface area contributed by atoms with Gasteiger partial charge in [-0.15, -0.1) is 0 Å². The Bertz CT molecular complexity index is 1120. The van der Waals surface area contributed by atoms with Crippen LogP contribution < -0.4 is 5.32 Å². The third kappa shape index (κ3) is 3.62. The lowest BCUT2D eigenvalue weighted by atomic mass is 9.97. The summed E-state index contributed by atoms with van der Waals surface area (Å²) in [6, 6.07) is 24.5. The van der Waals surface area contributed by atoms with Crippen LogP contribution in [-0.2, 0) is 0 Å². The molecule has 0 saturated carbocycles. The number of ketones is 1. The molecule has 0 amide bonds. The maximum atomic E-state index is 13.2. The average molecular weight is 367 g/mol. The maximum absolute atomic E-state index is 13.2. The van der Waals surface area contributed by atoms with Crippen LogP contribution in [0.3, 0.4) is 0 Å². The fraction of sp³-hybridized carbons (Fsp3) is 0.125. The second-order valence-corrected chi connectivity index (χ2v) is 6.87. The number of hydrogen-bond acceptors (Lipinski definition) is 4. The Morgan fingerprint density at radius 1 is 0.857 bits per heavy atom. The molecule has 28 heavy (non-hydrogen) atoms. The van der Waals surface area contributed by atoms with E-state index in [1.807, 2.05) is 79.7 Å². The van der Waals surface area contributed by atoms with E-state index in [4.69, 9.17) is 0 Å². The number of nitrogens with zero attached hydrogens (tertiary/aromatic N) is 2. The van der Waals surface area contributed by atoms with E-state index < -0.39 is 6.04 Å². The van der Waals surface area contributed by atoms with E-state index in [1.165, 1.54) is 5.56 Å². The van der Waals surface area contributed by atoms with Crippen molar-refractivity contribution in [2.75, 3.05) is 5.32 Å². The zero-order chi connectivity index (χ0) is 19.5. The zero-order valence-corrected chi connectivity index (χ0v) is 15.9. The fourth-order valence-electron chi connectivity index (χ4n) is 3.30. The van der Waals surface area contributed by atoms with Gasteiger partial charge in [0.1, 0.15) is 6.04 Å². The van der Waals surface area contributed by atoms with Gasteiger partial charge in [-0.05, 0) is 31.5 Å². The first-order valence-electron chi connectivity index (χ1n) is 9.27. The van der Waals surface area contributed by atoms with Gasteiger partial charge in [-0.25, -0.2) is 9.97 Å². The third-order valence-corrected chi connectivity index (χ3v) is 4.77. The highest BCUT2D eigenvalue weighted by Gasteiger charge is 2.23. The Kier molecular flexibility index (Phi) is 4.85. The second-order valence-electron chi connectivity index (χ2n) is 6.87. The van der Waals surface area contributed by atoms with Gasteiger partial charge in [0.2, 0.25) is 5.95 Å².